The number of carbonyl (C=O) groups excluding carboxylic acids is 1. The zero-order valence-electron chi connectivity index (χ0n) is 18.6. The summed E-state index contributed by atoms with van der Waals surface area (Å²) in [7, 11) is 0. The van der Waals surface area contributed by atoms with Gasteiger partial charge in [0.25, 0.3) is 0 Å². The van der Waals surface area contributed by atoms with Crippen molar-refractivity contribution in [3.63, 3.8) is 0 Å². The fourth-order valence-corrected chi connectivity index (χ4v) is 4.14. The Morgan fingerprint density at radius 3 is 2.65 bits per heavy atom. The van der Waals surface area contributed by atoms with Crippen LogP contribution >= 0.6 is 11.6 Å². The van der Waals surface area contributed by atoms with E-state index in [9.17, 15) is 4.79 Å². The first-order valence-electron chi connectivity index (χ1n) is 10.9. The second-order valence-electron chi connectivity index (χ2n) is 8.00. The molecule has 168 valence electrons. The zero-order valence-corrected chi connectivity index (χ0v) is 19.3. The van der Waals surface area contributed by atoms with E-state index in [1.54, 1.807) is 10.9 Å². The van der Waals surface area contributed by atoms with Gasteiger partial charge < -0.3 is 5.32 Å². The van der Waals surface area contributed by atoms with Gasteiger partial charge in [0, 0.05) is 40.6 Å². The maximum absolute atomic E-state index is 12.7. The number of hydrogen-bond acceptors (Lipinski definition) is 4. The molecule has 0 atom stereocenters. The maximum Gasteiger partial charge on any atom is 0.241 e. The maximum atomic E-state index is 12.7. The number of pyridine rings is 2. The fourth-order valence-electron chi connectivity index (χ4n) is 3.93. The summed E-state index contributed by atoms with van der Waals surface area (Å²) in [4.78, 5) is 21.9. The van der Waals surface area contributed by atoms with Crippen molar-refractivity contribution in [1.82, 2.24) is 25.1 Å². The molecule has 5 rings (SSSR count). The number of halogens is 1. The van der Waals surface area contributed by atoms with E-state index in [-0.39, 0.29) is 12.5 Å². The normalized spacial score (nSPS) is 11.0. The summed E-state index contributed by atoms with van der Waals surface area (Å²) in [5, 5.41) is 9.33. The summed E-state index contributed by atoms with van der Waals surface area (Å²) in [6, 6.07) is 23.3. The highest BCUT2D eigenvalue weighted by Gasteiger charge is 2.18. The van der Waals surface area contributed by atoms with Crippen LogP contribution in [0.25, 0.3) is 33.4 Å². The molecule has 5 aromatic rings. The number of nitrogens with zero attached hydrogens (tertiary/aromatic N) is 4. The first kappa shape index (κ1) is 21.8. The van der Waals surface area contributed by atoms with Gasteiger partial charge in [-0.3, -0.25) is 19.4 Å². The van der Waals surface area contributed by atoms with Crippen LogP contribution in [0.1, 0.15) is 11.3 Å². The minimum absolute atomic E-state index is 0.0757. The number of aromatic nitrogens is 4. The lowest BCUT2D eigenvalue weighted by Gasteiger charge is -2.07. The lowest BCUT2D eigenvalue weighted by atomic mass is 10.0. The lowest BCUT2D eigenvalue weighted by Crippen LogP contribution is -2.27. The number of hydrogen-bond donors (Lipinski definition) is 1. The summed E-state index contributed by atoms with van der Waals surface area (Å²) in [6.07, 6.45) is 3.69. The minimum Gasteiger partial charge on any atom is -0.350 e. The predicted molar refractivity (Wildman–Crippen MR) is 134 cm³/mol. The highest BCUT2D eigenvalue weighted by Crippen LogP contribution is 2.34. The Morgan fingerprint density at radius 1 is 0.971 bits per heavy atom. The molecule has 0 radical (unpaired) electrons. The number of carbonyl (C=O) groups is 1. The van der Waals surface area contributed by atoms with Crippen LogP contribution in [-0.4, -0.2) is 25.7 Å². The third-order valence-corrected chi connectivity index (χ3v) is 5.94. The first-order valence-corrected chi connectivity index (χ1v) is 11.3. The SMILES string of the molecule is Cc1cccc(-c2nn(CC(=O)NCc3ccccc3Cl)cc2-c2ccnc3ccccc23)n1. The lowest BCUT2D eigenvalue weighted by molar-refractivity contribution is -0.122. The summed E-state index contributed by atoms with van der Waals surface area (Å²) in [5.74, 6) is -0.155. The van der Waals surface area contributed by atoms with E-state index >= 15 is 0 Å². The van der Waals surface area contributed by atoms with Crippen molar-refractivity contribution in [2.45, 2.75) is 20.0 Å². The molecule has 6 nitrogen and oxygen atoms in total. The van der Waals surface area contributed by atoms with Crippen molar-refractivity contribution in [3.8, 4) is 22.5 Å². The van der Waals surface area contributed by atoms with E-state index in [2.05, 4.69) is 15.3 Å². The van der Waals surface area contributed by atoms with E-state index in [0.29, 0.717) is 11.6 Å². The number of aryl methyl sites for hydroxylation is 1. The Morgan fingerprint density at radius 2 is 1.79 bits per heavy atom. The van der Waals surface area contributed by atoms with Gasteiger partial charge >= 0.3 is 0 Å². The molecule has 2 aromatic carbocycles. The highest BCUT2D eigenvalue weighted by molar-refractivity contribution is 6.31. The number of fused-ring (bicyclic) bond motifs is 1. The van der Waals surface area contributed by atoms with Crippen molar-refractivity contribution in [2.75, 3.05) is 0 Å². The van der Waals surface area contributed by atoms with Gasteiger partial charge in [0.15, 0.2) is 0 Å². The highest BCUT2D eigenvalue weighted by atomic mass is 35.5. The van der Waals surface area contributed by atoms with Gasteiger partial charge in [-0.05, 0) is 48.4 Å². The number of amides is 1. The van der Waals surface area contributed by atoms with Gasteiger partial charge in [-0.1, -0.05) is 54.1 Å². The van der Waals surface area contributed by atoms with Gasteiger partial charge in [0.05, 0.1) is 11.2 Å². The van der Waals surface area contributed by atoms with Gasteiger partial charge in [-0.2, -0.15) is 5.10 Å². The minimum atomic E-state index is -0.155. The molecule has 0 fully saturated rings. The molecule has 0 saturated carbocycles. The fraction of sp³-hybridized carbons (Fsp3) is 0.111. The second-order valence-corrected chi connectivity index (χ2v) is 8.40. The van der Waals surface area contributed by atoms with Gasteiger partial charge in [0.2, 0.25) is 5.91 Å². The van der Waals surface area contributed by atoms with Crippen LogP contribution in [-0.2, 0) is 17.9 Å². The van der Waals surface area contributed by atoms with E-state index < -0.39 is 0 Å². The number of rotatable bonds is 6. The van der Waals surface area contributed by atoms with Crippen molar-refractivity contribution in [3.05, 3.63) is 101 Å². The van der Waals surface area contributed by atoms with Crippen LogP contribution in [0.3, 0.4) is 0 Å². The molecular formula is C27H22ClN5O. The quantitative estimate of drug-likeness (QED) is 0.361. The molecule has 0 bridgehead atoms. The van der Waals surface area contributed by atoms with Gasteiger partial charge in [-0.15, -0.1) is 0 Å². The number of para-hydroxylation sites is 1. The molecular weight excluding hydrogens is 446 g/mol. The van der Waals surface area contributed by atoms with E-state index in [1.807, 2.05) is 85.9 Å². The van der Waals surface area contributed by atoms with Crippen LogP contribution in [0.4, 0.5) is 0 Å². The third kappa shape index (κ3) is 4.54. The van der Waals surface area contributed by atoms with E-state index in [1.165, 1.54) is 0 Å². The number of nitrogens with one attached hydrogen (secondary N) is 1. The third-order valence-electron chi connectivity index (χ3n) is 5.57. The average molecular weight is 468 g/mol. The molecule has 34 heavy (non-hydrogen) atoms. The van der Waals surface area contributed by atoms with Crippen LogP contribution < -0.4 is 5.32 Å². The molecule has 0 unspecified atom stereocenters. The predicted octanol–water partition coefficient (Wildman–Crippen LogP) is 5.44. The molecule has 0 aliphatic carbocycles. The molecule has 3 aromatic heterocycles. The van der Waals surface area contributed by atoms with E-state index in [4.69, 9.17) is 16.7 Å². The second kappa shape index (κ2) is 9.45. The number of benzene rings is 2. The standard InChI is InChI=1S/C27H22ClN5O/c1-18-7-6-12-25(31-18)27-22(20-13-14-29-24-11-5-3-9-21(20)24)16-33(32-27)17-26(34)30-15-19-8-2-4-10-23(19)28/h2-14,16H,15,17H2,1H3,(H,30,34). The largest absolute Gasteiger partial charge is 0.350 e. The van der Waals surface area contributed by atoms with Gasteiger partial charge in [-0.25, -0.2) is 0 Å². The Kier molecular flexibility index (Phi) is 6.06. The van der Waals surface area contributed by atoms with Crippen molar-refractivity contribution in [1.29, 1.82) is 0 Å². The summed E-state index contributed by atoms with van der Waals surface area (Å²) >= 11 is 6.21. The van der Waals surface area contributed by atoms with E-state index in [0.717, 1.165) is 44.7 Å². The molecule has 1 N–H and O–H groups in total. The molecule has 1 amide bonds. The Balaban J connectivity index is 1.49. The van der Waals surface area contributed by atoms with Crippen LogP contribution in [0.15, 0.2) is 85.2 Å². The molecule has 0 saturated heterocycles. The Bertz CT molecular complexity index is 1490. The summed E-state index contributed by atoms with van der Waals surface area (Å²) in [6.45, 7) is 2.38. The Labute approximate surface area is 202 Å². The topological polar surface area (TPSA) is 72.7 Å². The van der Waals surface area contributed by atoms with Crippen LogP contribution in [0.2, 0.25) is 5.02 Å². The zero-order chi connectivity index (χ0) is 23.5. The molecule has 3 heterocycles. The first-order chi connectivity index (χ1) is 16.6. The molecule has 0 aliphatic rings. The van der Waals surface area contributed by atoms with Crippen LogP contribution in [0, 0.1) is 6.92 Å². The van der Waals surface area contributed by atoms with Crippen molar-refractivity contribution >= 4 is 28.4 Å². The smallest absolute Gasteiger partial charge is 0.241 e. The van der Waals surface area contributed by atoms with Gasteiger partial charge in [0.1, 0.15) is 12.2 Å². The van der Waals surface area contributed by atoms with Crippen LogP contribution in [0.5, 0.6) is 0 Å². The molecule has 7 heteroatoms. The van der Waals surface area contributed by atoms with Crippen molar-refractivity contribution in [2.24, 2.45) is 0 Å². The summed E-state index contributed by atoms with van der Waals surface area (Å²) < 4.78 is 1.66. The average Bonchev–Trinajstić information content (AvgIpc) is 3.26. The monoisotopic (exact) mass is 467 g/mol. The molecule has 0 aliphatic heterocycles. The summed E-state index contributed by atoms with van der Waals surface area (Å²) in [5.41, 5.74) is 6.03. The Hall–Kier alpha value is -4.03. The van der Waals surface area contributed by atoms with Crippen molar-refractivity contribution < 1.29 is 4.79 Å². The molecule has 0 spiro atoms.